The van der Waals surface area contributed by atoms with E-state index in [1.165, 1.54) is 72.8 Å². The summed E-state index contributed by atoms with van der Waals surface area (Å²) >= 11 is 0. The lowest BCUT2D eigenvalue weighted by Gasteiger charge is -2.45. The van der Waals surface area contributed by atoms with Gasteiger partial charge in [-0.05, 0) is 71.8 Å². The Kier molecular flexibility index (Phi) is 19.7. The summed E-state index contributed by atoms with van der Waals surface area (Å²) in [4.78, 5) is 26.5. The van der Waals surface area contributed by atoms with E-state index in [9.17, 15) is 91.3 Å². The van der Waals surface area contributed by atoms with Crippen molar-refractivity contribution in [3.05, 3.63) is 108 Å². The largest absolute Gasteiger partial charge is 0.508 e. The second kappa shape index (κ2) is 26.9. The van der Waals surface area contributed by atoms with E-state index in [0.29, 0.717) is 5.56 Å². The number of ether oxygens (including phenoxy) is 10. The molecule has 85 heavy (non-hydrogen) atoms. The lowest BCUT2D eigenvalue weighted by Crippen LogP contribution is -2.64. The molecule has 0 unspecified atom stereocenters. The number of aliphatic hydroxyl groups excluding tert-OH is 12. The highest BCUT2D eigenvalue weighted by atomic mass is 16.8. The monoisotopic (exact) mass is 1200 g/mol. The van der Waals surface area contributed by atoms with Crippen LogP contribution in [0.1, 0.15) is 11.1 Å². The molecule has 4 aromatic carbocycles. The van der Waals surface area contributed by atoms with E-state index < -0.39 is 172 Å². The van der Waals surface area contributed by atoms with Crippen LogP contribution in [0.15, 0.2) is 101 Å². The number of phenols is 4. The first kappa shape index (κ1) is 62.2. The van der Waals surface area contributed by atoms with Gasteiger partial charge in [-0.3, -0.25) is 0 Å². The first-order chi connectivity index (χ1) is 40.6. The van der Waals surface area contributed by atoms with Gasteiger partial charge in [-0.25, -0.2) is 14.0 Å². The van der Waals surface area contributed by atoms with Crippen molar-refractivity contribution in [3.8, 4) is 51.6 Å². The number of fused-ring (bicyclic) bond motifs is 1. The maximum absolute atomic E-state index is 13.3. The van der Waals surface area contributed by atoms with Crippen molar-refractivity contribution >= 4 is 35.1 Å². The predicted molar refractivity (Wildman–Crippen MR) is 281 cm³/mol. The quantitative estimate of drug-likeness (QED) is 0.0190. The van der Waals surface area contributed by atoms with E-state index in [2.05, 4.69) is 0 Å². The highest BCUT2D eigenvalue weighted by Crippen LogP contribution is 2.43. The van der Waals surface area contributed by atoms with Gasteiger partial charge in [0.2, 0.25) is 24.6 Å². The van der Waals surface area contributed by atoms with E-state index in [0.717, 1.165) is 36.4 Å². The van der Waals surface area contributed by atoms with Crippen LogP contribution in [0.2, 0.25) is 0 Å². The molecule has 16 N–H and O–H groups in total. The normalized spacial score (nSPS) is 32.5. The van der Waals surface area contributed by atoms with Gasteiger partial charge in [-0.2, -0.15) is 0 Å². The Labute approximate surface area is 479 Å². The number of carbonyl (C=O) groups excluding carboxylic acids is 2. The van der Waals surface area contributed by atoms with Gasteiger partial charge in [0.15, 0.2) is 30.0 Å². The summed E-state index contributed by atoms with van der Waals surface area (Å²) in [6.45, 7) is -2.95. The van der Waals surface area contributed by atoms with Crippen LogP contribution in [0.3, 0.4) is 0 Å². The zero-order valence-corrected chi connectivity index (χ0v) is 44.2. The Morgan fingerprint density at radius 1 is 0.529 bits per heavy atom. The van der Waals surface area contributed by atoms with E-state index in [1.807, 2.05) is 0 Å². The van der Waals surface area contributed by atoms with Gasteiger partial charge in [0.1, 0.15) is 114 Å². The third-order valence-electron chi connectivity index (χ3n) is 14.1. The fourth-order valence-electron chi connectivity index (χ4n) is 9.35. The number of carbonyl (C=O) groups is 2. The number of hydrogen-bond acceptors (Lipinski definition) is 28. The Morgan fingerprint density at radius 3 is 1.76 bits per heavy atom. The summed E-state index contributed by atoms with van der Waals surface area (Å²) < 4.78 is 64.3. The predicted octanol–water partition coefficient (Wildman–Crippen LogP) is -2.27. The van der Waals surface area contributed by atoms with Gasteiger partial charge >= 0.3 is 23.3 Å². The van der Waals surface area contributed by atoms with Crippen LogP contribution in [-0.2, 0) is 42.7 Å². The molecule has 1 aromatic heterocycles. The molecule has 0 saturated carbocycles. The number of aromatic hydroxyl groups is 4. The second-order valence-corrected chi connectivity index (χ2v) is 20.0. The summed E-state index contributed by atoms with van der Waals surface area (Å²) in [6, 6.07) is 18.2. The molecule has 458 valence electrons. The van der Waals surface area contributed by atoms with Crippen LogP contribution in [0, 0.1) is 0 Å². The summed E-state index contributed by atoms with van der Waals surface area (Å²) in [5.41, 5.74) is 0.646. The fraction of sp³-hybridized carbons (Fsp3) is 0.411. The Hall–Kier alpha value is -7.37. The molecule has 4 fully saturated rings. The maximum Gasteiger partial charge on any atom is 0.402 e. The molecule has 29 heteroatoms. The van der Waals surface area contributed by atoms with Gasteiger partial charge in [-0.1, -0.05) is 18.2 Å². The Balaban J connectivity index is 1.01. The average molecular weight is 1200 g/mol. The molecule has 0 amide bonds. The summed E-state index contributed by atoms with van der Waals surface area (Å²) in [7, 11) is 0. The fourth-order valence-corrected chi connectivity index (χ4v) is 9.35. The Bertz CT molecular complexity index is 3160. The van der Waals surface area contributed by atoms with Crippen molar-refractivity contribution in [3.63, 3.8) is 0 Å². The van der Waals surface area contributed by atoms with Crippen LogP contribution in [0.5, 0.6) is 40.2 Å². The van der Waals surface area contributed by atoms with E-state index in [-0.39, 0.29) is 50.9 Å². The molecule has 4 saturated heterocycles. The molecular formula is C56H61O29+. The van der Waals surface area contributed by atoms with Gasteiger partial charge in [-0.15, -0.1) is 0 Å². The highest BCUT2D eigenvalue weighted by Gasteiger charge is 2.53. The summed E-state index contributed by atoms with van der Waals surface area (Å²) in [5.74, 6) is -4.52. The minimum Gasteiger partial charge on any atom is -0.508 e. The standard InChI is InChI=1S/C56H60O29/c57-19-36-42(67)45(70)48(73)53(81-36)77-28-10-1-23(2-11-28)4-13-39(64)75-22-38-44(69)47(72)52(85-55-51(41(66)32(63)21-76-55)84-40(65)14-5-24-3-12-30(61)31(62)15-24)56(83-38)80-35-18-29-33(78-50(35)25-6-8-26(59)9-7-25)16-27(60)17-34(29)79-54-49(74)46(71)43(68)37(20-58)82-54/h1-18,32,36-38,41-49,51-58,63,66-74H,19-22H2,(H3-,59,60,61,62,65)/p+1/b13-4+/t32-,36-,37-,38-,41+,42-,43-,44-,45+,46+,47+,48-,49-,51-,52-,53-,54-,55+,56-/m1/s1. The van der Waals surface area contributed by atoms with Crippen molar-refractivity contribution in [2.24, 2.45) is 0 Å². The third kappa shape index (κ3) is 14.2. The van der Waals surface area contributed by atoms with Gasteiger partial charge in [0, 0.05) is 24.3 Å². The number of esters is 2. The number of rotatable bonds is 18. The molecule has 0 bridgehead atoms. The van der Waals surface area contributed by atoms with Crippen LogP contribution >= 0.6 is 0 Å². The summed E-state index contributed by atoms with van der Waals surface area (Å²) in [5, 5.41) is 168. The minimum absolute atomic E-state index is 0.0790. The van der Waals surface area contributed by atoms with Gasteiger partial charge in [0.05, 0.1) is 31.5 Å². The number of aliphatic hydroxyl groups is 12. The van der Waals surface area contributed by atoms with Crippen molar-refractivity contribution in [2.75, 3.05) is 26.4 Å². The molecule has 4 aliphatic heterocycles. The molecule has 19 atom stereocenters. The number of hydrogen-bond donors (Lipinski definition) is 16. The molecule has 0 aliphatic carbocycles. The van der Waals surface area contributed by atoms with Crippen molar-refractivity contribution in [2.45, 2.75) is 117 Å². The first-order valence-electron chi connectivity index (χ1n) is 26.2. The number of benzene rings is 4. The highest BCUT2D eigenvalue weighted by molar-refractivity contribution is 5.89. The van der Waals surface area contributed by atoms with Crippen molar-refractivity contribution < 1.29 is 143 Å². The molecule has 4 aliphatic rings. The second-order valence-electron chi connectivity index (χ2n) is 20.0. The minimum atomic E-state index is -2.13. The van der Waals surface area contributed by atoms with Crippen LogP contribution in [0.4, 0.5) is 0 Å². The molecule has 9 rings (SSSR count). The number of phenolic OH excluding ortho intramolecular Hbond substituents is 4. The molecule has 5 aromatic rings. The van der Waals surface area contributed by atoms with Crippen LogP contribution < -0.4 is 14.2 Å². The van der Waals surface area contributed by atoms with Crippen LogP contribution in [-0.4, -0.2) is 237 Å². The lowest BCUT2D eigenvalue weighted by molar-refractivity contribution is -0.345. The molecule has 0 spiro atoms. The average Bonchev–Trinajstić information content (AvgIpc) is 3.54. The van der Waals surface area contributed by atoms with Gasteiger partial charge in [0.25, 0.3) is 0 Å². The lowest BCUT2D eigenvalue weighted by atomic mass is 9.98. The topological polar surface area (TPSA) is 461 Å². The summed E-state index contributed by atoms with van der Waals surface area (Å²) in [6.07, 6.45) is -29.4. The SMILES string of the molecule is O=C(C=Cc1ccc(O)c(O)c1)O[C@H]1[C@H](O[C@H]2[C@H](Oc3cc4c(O[C@@H]5O[C@H](CO)[C@@H](O)[C@H](O)[C@H]5O)cc(O)cc4[o+]c3-c3ccc(O)cc3)O[C@H](COC(=O)/C=C/c3ccc(O[C@@H]4O[C@H](CO)[C@@H](O)[C@H](O)[C@H]4O)cc3)[C@@H](O)[C@@H]2O)OC[C@@H](O)[C@@H]1O. The van der Waals surface area contributed by atoms with Crippen molar-refractivity contribution in [1.82, 2.24) is 0 Å². The zero-order chi connectivity index (χ0) is 61.0. The van der Waals surface area contributed by atoms with E-state index in [4.69, 9.17) is 51.8 Å². The zero-order valence-electron chi connectivity index (χ0n) is 44.2. The smallest absolute Gasteiger partial charge is 0.402 e. The van der Waals surface area contributed by atoms with Crippen molar-refractivity contribution in [1.29, 1.82) is 0 Å². The molecular weight excluding hydrogens is 1140 g/mol. The third-order valence-corrected chi connectivity index (χ3v) is 14.1. The first-order valence-corrected chi connectivity index (χ1v) is 26.2. The Morgan fingerprint density at radius 2 is 1.12 bits per heavy atom. The molecule has 0 radical (unpaired) electrons. The van der Waals surface area contributed by atoms with Gasteiger partial charge < -0.3 is 129 Å². The van der Waals surface area contributed by atoms with E-state index >= 15 is 0 Å². The molecule has 29 nitrogen and oxygen atoms in total. The molecule has 5 heterocycles. The van der Waals surface area contributed by atoms with E-state index in [1.54, 1.807) is 0 Å². The van der Waals surface area contributed by atoms with Crippen LogP contribution in [0.25, 0.3) is 34.4 Å². The maximum atomic E-state index is 13.3.